The van der Waals surface area contributed by atoms with Gasteiger partial charge in [-0.3, -0.25) is 4.79 Å². The summed E-state index contributed by atoms with van der Waals surface area (Å²) in [7, 11) is 0. The molecule has 0 radical (unpaired) electrons. The van der Waals surface area contributed by atoms with Crippen LogP contribution in [0.4, 0.5) is 18.0 Å². The van der Waals surface area contributed by atoms with E-state index >= 15 is 4.39 Å². The van der Waals surface area contributed by atoms with E-state index in [9.17, 15) is 18.4 Å². The topological polar surface area (TPSA) is 55.8 Å². The van der Waals surface area contributed by atoms with Gasteiger partial charge < -0.3 is 9.47 Å². The van der Waals surface area contributed by atoms with Crippen molar-refractivity contribution in [2.24, 2.45) is 0 Å². The van der Waals surface area contributed by atoms with Crippen LogP contribution in [0, 0.1) is 5.82 Å². The quantitative estimate of drug-likeness (QED) is 0.741. The number of hydrogen-bond acceptors (Lipinski definition) is 4. The number of alkyl halides is 2. The number of imide groups is 1. The van der Waals surface area contributed by atoms with Crippen LogP contribution >= 0.6 is 0 Å². The predicted molar refractivity (Wildman–Crippen MR) is 89.9 cm³/mol. The first-order valence-electron chi connectivity index (χ1n) is 8.62. The van der Waals surface area contributed by atoms with Gasteiger partial charge in [0, 0.05) is 12.0 Å². The van der Waals surface area contributed by atoms with Gasteiger partial charge in [-0.2, -0.15) is 0 Å². The summed E-state index contributed by atoms with van der Waals surface area (Å²) in [6.45, 7) is 4.49. The number of amides is 2. The van der Waals surface area contributed by atoms with Gasteiger partial charge in [0.2, 0.25) is 0 Å². The van der Waals surface area contributed by atoms with E-state index in [4.69, 9.17) is 9.47 Å². The Labute approximate surface area is 155 Å². The molecule has 2 aliphatic rings. The molecule has 0 saturated carbocycles. The lowest BCUT2D eigenvalue weighted by atomic mass is 9.68. The molecule has 0 aliphatic carbocycles. The summed E-state index contributed by atoms with van der Waals surface area (Å²) < 4.78 is 56.2. The van der Waals surface area contributed by atoms with Crippen molar-refractivity contribution in [3.8, 4) is 0 Å². The predicted octanol–water partition coefficient (Wildman–Crippen LogP) is 3.66. The number of halogens is 3. The molecule has 1 aromatic rings. The van der Waals surface area contributed by atoms with Crippen molar-refractivity contribution in [2.45, 2.75) is 56.6 Å². The van der Waals surface area contributed by atoms with E-state index in [2.05, 4.69) is 0 Å². The molecule has 27 heavy (non-hydrogen) atoms. The Morgan fingerprint density at radius 2 is 1.85 bits per heavy atom. The summed E-state index contributed by atoms with van der Waals surface area (Å²) in [5.41, 5.74) is -8.61. The number of ether oxygens (including phenoxy) is 2. The average Bonchev–Trinajstić information content (AvgIpc) is 2.83. The summed E-state index contributed by atoms with van der Waals surface area (Å²) in [5.74, 6) is -2.10. The van der Waals surface area contributed by atoms with Crippen LogP contribution in [0.25, 0.3) is 0 Å². The van der Waals surface area contributed by atoms with E-state index in [1.165, 1.54) is 18.2 Å². The maximum atomic E-state index is 16.1. The van der Waals surface area contributed by atoms with Gasteiger partial charge in [0.05, 0.1) is 13.2 Å². The molecule has 8 heteroatoms. The maximum absolute atomic E-state index is 16.1. The number of rotatable bonds is 1. The number of hydrogen-bond donors (Lipinski definition) is 0. The summed E-state index contributed by atoms with van der Waals surface area (Å²) in [5, 5.41) is 0. The third-order valence-electron chi connectivity index (χ3n) is 4.92. The van der Waals surface area contributed by atoms with Gasteiger partial charge in [0.1, 0.15) is 17.0 Å². The van der Waals surface area contributed by atoms with Crippen LogP contribution < -0.4 is 0 Å². The highest BCUT2D eigenvalue weighted by Crippen LogP contribution is 2.55. The molecule has 0 N–H and O–H groups in total. The van der Waals surface area contributed by atoms with Crippen molar-refractivity contribution in [2.75, 3.05) is 13.2 Å². The van der Waals surface area contributed by atoms with E-state index < -0.39 is 59.9 Å². The Kier molecular flexibility index (Phi) is 4.34. The number of benzene rings is 1. The third kappa shape index (κ3) is 2.90. The molecule has 0 aromatic heterocycles. The van der Waals surface area contributed by atoms with Crippen molar-refractivity contribution in [3.63, 3.8) is 0 Å². The fraction of sp³-hybridized carbons (Fsp3) is 0.579. The van der Waals surface area contributed by atoms with Crippen molar-refractivity contribution in [1.29, 1.82) is 0 Å². The molecular formula is C19H22F3NO4. The molecule has 148 valence electrons. The lowest BCUT2D eigenvalue weighted by molar-refractivity contribution is -0.172. The Morgan fingerprint density at radius 1 is 1.22 bits per heavy atom. The minimum Gasteiger partial charge on any atom is -0.443 e. The molecule has 2 fully saturated rings. The fourth-order valence-electron chi connectivity index (χ4n) is 3.86. The third-order valence-corrected chi connectivity index (χ3v) is 4.92. The van der Waals surface area contributed by atoms with Crippen molar-refractivity contribution < 1.29 is 32.2 Å². The molecule has 1 aromatic carbocycles. The van der Waals surface area contributed by atoms with Crippen molar-refractivity contribution >= 4 is 12.0 Å². The van der Waals surface area contributed by atoms with E-state index in [0.717, 1.165) is 13.0 Å². The SMILES string of the molecule is CC(C)(C)OC(=O)N1C(=O)[C@](C)(F)C[C@]2(F)COC[C@]12c1ccccc1F. The molecule has 3 atom stereocenters. The van der Waals surface area contributed by atoms with E-state index in [1.807, 2.05) is 0 Å². The number of nitrogens with zero attached hydrogens (tertiary/aromatic N) is 1. The molecule has 0 spiro atoms. The molecule has 2 aliphatic heterocycles. The van der Waals surface area contributed by atoms with Gasteiger partial charge in [-0.25, -0.2) is 22.9 Å². The highest BCUT2D eigenvalue weighted by atomic mass is 19.2. The molecule has 5 nitrogen and oxygen atoms in total. The lowest BCUT2D eigenvalue weighted by Crippen LogP contribution is -2.72. The summed E-state index contributed by atoms with van der Waals surface area (Å²) in [6.07, 6.45) is -2.10. The second-order valence-electron chi connectivity index (χ2n) is 8.29. The summed E-state index contributed by atoms with van der Waals surface area (Å²) >= 11 is 0. The molecule has 0 unspecified atom stereocenters. The summed E-state index contributed by atoms with van der Waals surface area (Å²) in [6, 6.07) is 5.20. The van der Waals surface area contributed by atoms with Crippen molar-refractivity contribution in [3.05, 3.63) is 35.6 Å². The Balaban J connectivity index is 2.25. The first-order chi connectivity index (χ1) is 12.3. The molecule has 0 bridgehead atoms. The number of likely N-dealkylation sites (tertiary alicyclic amines) is 1. The molecule has 2 heterocycles. The first-order valence-corrected chi connectivity index (χ1v) is 8.62. The second-order valence-corrected chi connectivity index (χ2v) is 8.29. The molecular weight excluding hydrogens is 363 g/mol. The zero-order valence-corrected chi connectivity index (χ0v) is 15.6. The van der Waals surface area contributed by atoms with Gasteiger partial charge in [0.25, 0.3) is 5.91 Å². The Hall–Kier alpha value is -2.09. The van der Waals surface area contributed by atoms with Crippen LogP contribution in [0.2, 0.25) is 0 Å². The van der Waals surface area contributed by atoms with Crippen LogP contribution in [0.5, 0.6) is 0 Å². The van der Waals surface area contributed by atoms with Gasteiger partial charge in [0.15, 0.2) is 11.3 Å². The fourth-order valence-corrected chi connectivity index (χ4v) is 3.86. The van der Waals surface area contributed by atoms with Gasteiger partial charge in [-0.05, 0) is 33.8 Å². The second kappa shape index (κ2) is 5.95. The zero-order chi connectivity index (χ0) is 20.3. The van der Waals surface area contributed by atoms with Gasteiger partial charge in [-0.1, -0.05) is 18.2 Å². The normalized spacial score (nSPS) is 33.7. The number of piperidine rings is 1. The van der Waals surface area contributed by atoms with Crippen LogP contribution in [0.1, 0.15) is 39.7 Å². The summed E-state index contributed by atoms with van der Waals surface area (Å²) in [4.78, 5) is 26.1. The zero-order valence-electron chi connectivity index (χ0n) is 15.6. The van der Waals surface area contributed by atoms with E-state index in [1.54, 1.807) is 20.8 Å². The van der Waals surface area contributed by atoms with Crippen LogP contribution in [0.15, 0.2) is 24.3 Å². The smallest absolute Gasteiger partial charge is 0.418 e. The number of carbonyl (C=O) groups is 2. The largest absolute Gasteiger partial charge is 0.443 e. The van der Waals surface area contributed by atoms with Crippen LogP contribution in [0.3, 0.4) is 0 Å². The Morgan fingerprint density at radius 3 is 2.44 bits per heavy atom. The minimum absolute atomic E-state index is 0.250. The monoisotopic (exact) mass is 385 g/mol. The molecule has 2 saturated heterocycles. The van der Waals surface area contributed by atoms with E-state index in [-0.39, 0.29) is 5.56 Å². The van der Waals surface area contributed by atoms with Crippen LogP contribution in [-0.2, 0) is 19.8 Å². The van der Waals surface area contributed by atoms with E-state index in [0.29, 0.717) is 4.90 Å². The van der Waals surface area contributed by atoms with Gasteiger partial charge in [-0.15, -0.1) is 0 Å². The lowest BCUT2D eigenvalue weighted by Gasteiger charge is -2.52. The molecule has 2 amide bonds. The van der Waals surface area contributed by atoms with Crippen LogP contribution in [-0.4, -0.2) is 47.1 Å². The average molecular weight is 385 g/mol. The first kappa shape index (κ1) is 19.7. The highest BCUT2D eigenvalue weighted by Gasteiger charge is 2.73. The van der Waals surface area contributed by atoms with Gasteiger partial charge >= 0.3 is 6.09 Å². The standard InChI is InChI=1S/C19H22F3NO4/c1-16(2,3)27-15(25)23-14(24)17(4,21)9-18(22)10-26-11-19(18,23)12-7-5-6-8-13(12)20/h5-8H,9-11H2,1-4H3/t17-,18+,19-/m1/s1. The van der Waals surface area contributed by atoms with Crippen molar-refractivity contribution in [1.82, 2.24) is 4.90 Å². The number of fused-ring (bicyclic) bond motifs is 1. The highest BCUT2D eigenvalue weighted by molar-refractivity contribution is 5.99. The Bertz CT molecular complexity index is 791. The minimum atomic E-state index is -2.67. The molecule has 3 rings (SSSR count). The number of carbonyl (C=O) groups excluding carboxylic acids is 2. The maximum Gasteiger partial charge on any atom is 0.418 e.